The molecule has 0 atom stereocenters. The Balaban J connectivity index is 1.94. The Morgan fingerprint density at radius 1 is 1.09 bits per heavy atom. The van der Waals surface area contributed by atoms with E-state index in [1.165, 1.54) is 41.5 Å². The predicted molar refractivity (Wildman–Crippen MR) is 93.0 cm³/mol. The quantitative estimate of drug-likeness (QED) is 0.447. The smallest absolute Gasteiger partial charge is 0.122 e. The first kappa shape index (κ1) is 15.2. The van der Waals surface area contributed by atoms with Crippen molar-refractivity contribution in [2.24, 2.45) is 0 Å². The molecule has 3 nitrogen and oxygen atoms in total. The summed E-state index contributed by atoms with van der Waals surface area (Å²) in [6.07, 6.45) is 10.5. The van der Waals surface area contributed by atoms with Crippen LogP contribution in [-0.2, 0) is 6.54 Å². The number of fused-ring (bicyclic) bond motifs is 1. The van der Waals surface area contributed by atoms with Crippen molar-refractivity contribution in [2.45, 2.75) is 39.2 Å². The van der Waals surface area contributed by atoms with Crippen molar-refractivity contribution < 1.29 is 0 Å². The molecular weight excluding hydrogens is 294 g/mol. The molecule has 0 unspecified atom stereocenters. The Labute approximate surface area is 136 Å². The first-order valence-corrected chi connectivity index (χ1v) is 8.48. The molecule has 0 saturated heterocycles. The van der Waals surface area contributed by atoms with Crippen LogP contribution >= 0.6 is 11.6 Å². The largest absolute Gasteiger partial charge is 0.327 e. The van der Waals surface area contributed by atoms with Crippen LogP contribution in [0.3, 0.4) is 0 Å². The molecular formula is C18H22ClN3. The van der Waals surface area contributed by atoms with E-state index in [1.807, 2.05) is 18.7 Å². The summed E-state index contributed by atoms with van der Waals surface area (Å²) in [6, 6.07) is 8.64. The monoisotopic (exact) mass is 315 g/mol. The molecule has 0 spiro atoms. The van der Waals surface area contributed by atoms with E-state index in [0.717, 1.165) is 18.8 Å². The van der Waals surface area contributed by atoms with Gasteiger partial charge < -0.3 is 4.57 Å². The lowest BCUT2D eigenvalue weighted by Crippen LogP contribution is -2.06. The number of hydrogen-bond donors (Lipinski definition) is 0. The van der Waals surface area contributed by atoms with E-state index in [-0.39, 0.29) is 0 Å². The molecule has 116 valence electrons. The van der Waals surface area contributed by atoms with Crippen LogP contribution in [0, 0.1) is 6.92 Å². The van der Waals surface area contributed by atoms with E-state index < -0.39 is 0 Å². The second-order valence-corrected chi connectivity index (χ2v) is 6.07. The zero-order chi connectivity index (χ0) is 15.4. The number of aryl methyl sites for hydroxylation is 2. The minimum atomic E-state index is 0.770. The van der Waals surface area contributed by atoms with Crippen LogP contribution in [0.5, 0.6) is 0 Å². The first-order chi connectivity index (χ1) is 10.8. The highest BCUT2D eigenvalue weighted by atomic mass is 35.5. The van der Waals surface area contributed by atoms with Gasteiger partial charge >= 0.3 is 0 Å². The third kappa shape index (κ3) is 2.91. The van der Waals surface area contributed by atoms with Crippen LogP contribution in [0.2, 0.25) is 0 Å². The van der Waals surface area contributed by atoms with Crippen molar-refractivity contribution in [1.82, 2.24) is 14.1 Å². The Morgan fingerprint density at radius 3 is 2.68 bits per heavy atom. The topological polar surface area (TPSA) is 22.8 Å². The molecule has 0 radical (unpaired) electrons. The van der Waals surface area contributed by atoms with Crippen LogP contribution in [0.1, 0.15) is 31.2 Å². The van der Waals surface area contributed by atoms with Gasteiger partial charge in [-0.25, -0.2) is 4.98 Å². The lowest BCUT2D eigenvalue weighted by Gasteiger charge is -2.12. The summed E-state index contributed by atoms with van der Waals surface area (Å²) in [4.78, 5) is 4.21. The SMILES string of the molecule is Cc1c(-n2ccnc2)n(CCCCCCCl)c2ccccc12. The number of halogens is 1. The zero-order valence-corrected chi connectivity index (χ0v) is 13.8. The lowest BCUT2D eigenvalue weighted by molar-refractivity contribution is 0.587. The van der Waals surface area contributed by atoms with Crippen LogP contribution < -0.4 is 0 Å². The van der Waals surface area contributed by atoms with Crippen molar-refractivity contribution in [3.8, 4) is 5.82 Å². The number of nitrogens with zero attached hydrogens (tertiary/aromatic N) is 3. The summed E-state index contributed by atoms with van der Waals surface area (Å²) < 4.78 is 4.54. The highest BCUT2D eigenvalue weighted by Crippen LogP contribution is 2.28. The molecule has 0 bridgehead atoms. The molecule has 0 aliphatic heterocycles. The highest BCUT2D eigenvalue weighted by molar-refractivity contribution is 6.17. The van der Waals surface area contributed by atoms with Crippen LogP contribution in [0.4, 0.5) is 0 Å². The molecule has 2 heterocycles. The molecule has 22 heavy (non-hydrogen) atoms. The Bertz CT molecular complexity index is 728. The van der Waals surface area contributed by atoms with E-state index in [4.69, 9.17) is 11.6 Å². The maximum Gasteiger partial charge on any atom is 0.122 e. The van der Waals surface area contributed by atoms with Gasteiger partial charge in [0.1, 0.15) is 12.1 Å². The van der Waals surface area contributed by atoms with Gasteiger partial charge in [-0.3, -0.25) is 4.57 Å². The van der Waals surface area contributed by atoms with Gasteiger partial charge in [-0.2, -0.15) is 0 Å². The van der Waals surface area contributed by atoms with Crippen molar-refractivity contribution in [2.75, 3.05) is 5.88 Å². The van der Waals surface area contributed by atoms with Crippen molar-refractivity contribution in [3.05, 3.63) is 48.5 Å². The number of aromatic nitrogens is 3. The summed E-state index contributed by atoms with van der Waals surface area (Å²) in [7, 11) is 0. The second-order valence-electron chi connectivity index (χ2n) is 5.69. The summed E-state index contributed by atoms with van der Waals surface area (Å²) in [5.41, 5.74) is 2.62. The molecule has 0 amide bonds. The Kier molecular flexibility index (Phi) is 4.84. The number of alkyl halides is 1. The van der Waals surface area contributed by atoms with E-state index in [9.17, 15) is 0 Å². The van der Waals surface area contributed by atoms with Gasteiger partial charge in [0, 0.05) is 35.7 Å². The molecule has 0 fully saturated rings. The average Bonchev–Trinajstić information content (AvgIpc) is 3.15. The molecule has 0 aliphatic rings. The minimum Gasteiger partial charge on any atom is -0.327 e. The maximum absolute atomic E-state index is 5.76. The fraction of sp³-hybridized carbons (Fsp3) is 0.389. The van der Waals surface area contributed by atoms with Gasteiger partial charge in [0.15, 0.2) is 0 Å². The normalized spacial score (nSPS) is 11.4. The third-order valence-corrected chi connectivity index (χ3v) is 4.47. The lowest BCUT2D eigenvalue weighted by atomic mass is 10.2. The predicted octanol–water partition coefficient (Wildman–Crippen LogP) is 4.93. The molecule has 0 aliphatic carbocycles. The standard InChI is InChI=1S/C18H22ClN3/c1-15-16-8-4-5-9-17(16)22(12-7-3-2-6-10-19)18(15)21-13-11-20-14-21/h4-5,8-9,11,13-14H,2-3,6-7,10,12H2,1H3. The zero-order valence-electron chi connectivity index (χ0n) is 13.0. The van der Waals surface area contributed by atoms with E-state index in [0.29, 0.717) is 0 Å². The molecule has 0 N–H and O–H groups in total. The van der Waals surface area contributed by atoms with Crippen LogP contribution in [0.15, 0.2) is 43.0 Å². The van der Waals surface area contributed by atoms with Crippen molar-refractivity contribution >= 4 is 22.5 Å². The summed E-state index contributed by atoms with van der Waals surface area (Å²) in [5, 5.41) is 1.33. The van der Waals surface area contributed by atoms with Crippen molar-refractivity contribution in [3.63, 3.8) is 0 Å². The summed E-state index contributed by atoms with van der Waals surface area (Å²) in [6.45, 7) is 3.23. The maximum atomic E-state index is 5.76. The van der Waals surface area contributed by atoms with E-state index >= 15 is 0 Å². The molecule has 3 aromatic rings. The highest BCUT2D eigenvalue weighted by Gasteiger charge is 2.14. The number of hydrogen-bond acceptors (Lipinski definition) is 1. The number of unbranched alkanes of at least 4 members (excludes halogenated alkanes) is 3. The Morgan fingerprint density at radius 2 is 1.91 bits per heavy atom. The molecule has 3 rings (SSSR count). The number of benzene rings is 1. The van der Waals surface area contributed by atoms with Gasteiger partial charge in [-0.15, -0.1) is 11.6 Å². The summed E-state index contributed by atoms with van der Waals surface area (Å²) >= 11 is 5.76. The van der Waals surface area contributed by atoms with Gasteiger partial charge in [-0.05, 0) is 31.4 Å². The van der Waals surface area contributed by atoms with Gasteiger partial charge in [0.2, 0.25) is 0 Å². The van der Waals surface area contributed by atoms with Gasteiger partial charge in [-0.1, -0.05) is 31.0 Å². The Hall–Kier alpha value is -1.74. The summed E-state index contributed by atoms with van der Waals surface area (Å²) in [5.74, 6) is 2.00. The molecule has 1 aromatic carbocycles. The second kappa shape index (κ2) is 7.01. The van der Waals surface area contributed by atoms with Crippen molar-refractivity contribution in [1.29, 1.82) is 0 Å². The van der Waals surface area contributed by atoms with Crippen LogP contribution in [-0.4, -0.2) is 20.0 Å². The fourth-order valence-electron chi connectivity index (χ4n) is 3.12. The van der Waals surface area contributed by atoms with Crippen LogP contribution in [0.25, 0.3) is 16.7 Å². The van der Waals surface area contributed by atoms with E-state index in [1.54, 1.807) is 0 Å². The minimum absolute atomic E-state index is 0.770. The van der Waals surface area contributed by atoms with E-state index in [2.05, 4.69) is 45.3 Å². The molecule has 4 heteroatoms. The van der Waals surface area contributed by atoms with Gasteiger partial charge in [0.05, 0.1) is 0 Å². The number of rotatable bonds is 7. The third-order valence-electron chi connectivity index (χ3n) is 4.20. The number of para-hydroxylation sites is 1. The van der Waals surface area contributed by atoms with Gasteiger partial charge in [0.25, 0.3) is 0 Å². The average molecular weight is 316 g/mol. The fourth-order valence-corrected chi connectivity index (χ4v) is 3.31. The molecule has 0 saturated carbocycles. The first-order valence-electron chi connectivity index (χ1n) is 7.95. The number of imidazole rings is 1. The molecule has 2 aromatic heterocycles.